The highest BCUT2D eigenvalue weighted by Gasteiger charge is 1.99. The van der Waals surface area contributed by atoms with E-state index in [1.54, 1.807) is 6.07 Å². The third-order valence-electron chi connectivity index (χ3n) is 2.05. The minimum Gasteiger partial charge on any atom is -0.366 e. The van der Waals surface area contributed by atoms with Gasteiger partial charge < -0.3 is 5.32 Å². The van der Waals surface area contributed by atoms with Gasteiger partial charge in [0.1, 0.15) is 17.3 Å². The Morgan fingerprint density at radius 2 is 2.06 bits per heavy atom. The van der Waals surface area contributed by atoms with Crippen LogP contribution < -0.4 is 5.32 Å². The zero-order chi connectivity index (χ0) is 11.4. The molecular weight excluding hydrogens is 289 g/mol. The predicted molar refractivity (Wildman–Crippen MR) is 68.5 cm³/mol. The molecule has 5 heteroatoms. The lowest BCUT2D eigenvalue weighted by Gasteiger charge is -2.06. The lowest BCUT2D eigenvalue weighted by atomic mass is 10.2. The van der Waals surface area contributed by atoms with E-state index in [0.29, 0.717) is 11.7 Å². The van der Waals surface area contributed by atoms with Crippen LogP contribution in [0.5, 0.6) is 0 Å². The molecule has 2 rings (SSSR count). The first-order valence-electron chi connectivity index (χ1n) is 4.70. The molecule has 16 heavy (non-hydrogen) atoms. The minimum absolute atomic E-state index is 0.435. The van der Waals surface area contributed by atoms with Crippen LogP contribution in [0.15, 0.2) is 41.1 Å². The molecule has 1 N–H and O–H groups in total. The fourth-order valence-corrected chi connectivity index (χ4v) is 1.83. The smallest absolute Gasteiger partial charge is 0.134 e. The van der Waals surface area contributed by atoms with Crippen LogP contribution in [0.1, 0.15) is 5.56 Å². The third kappa shape index (κ3) is 2.93. The number of hydrogen-bond acceptors (Lipinski definition) is 3. The lowest BCUT2D eigenvalue weighted by Crippen LogP contribution is -2.02. The molecule has 0 atom stereocenters. The fourth-order valence-electron chi connectivity index (χ4n) is 1.26. The topological polar surface area (TPSA) is 37.8 Å². The zero-order valence-corrected chi connectivity index (χ0v) is 10.7. The lowest BCUT2D eigenvalue weighted by molar-refractivity contribution is 1.08. The molecule has 0 bridgehead atoms. The van der Waals surface area contributed by atoms with Gasteiger partial charge in [0, 0.05) is 17.1 Å². The van der Waals surface area contributed by atoms with Gasteiger partial charge in [-0.3, -0.25) is 0 Å². The molecule has 0 spiro atoms. The van der Waals surface area contributed by atoms with Crippen molar-refractivity contribution in [3.63, 3.8) is 0 Å². The summed E-state index contributed by atoms with van der Waals surface area (Å²) < 4.78 is 1.07. The largest absolute Gasteiger partial charge is 0.366 e. The molecule has 0 aliphatic carbocycles. The second-order valence-electron chi connectivity index (χ2n) is 3.17. The van der Waals surface area contributed by atoms with E-state index >= 15 is 0 Å². The molecule has 0 fully saturated rings. The summed E-state index contributed by atoms with van der Waals surface area (Å²) in [5.41, 5.74) is 1.16. The Hall–Kier alpha value is -1.13. The first-order chi connectivity index (χ1) is 7.75. The van der Waals surface area contributed by atoms with E-state index in [9.17, 15) is 0 Å². The number of hydrogen-bond donors (Lipinski definition) is 1. The number of rotatable bonds is 3. The summed E-state index contributed by atoms with van der Waals surface area (Å²) >= 11 is 9.24. The minimum atomic E-state index is 0.435. The average molecular weight is 299 g/mol. The van der Waals surface area contributed by atoms with Crippen LogP contribution in [0, 0.1) is 0 Å². The van der Waals surface area contributed by atoms with E-state index in [0.717, 1.165) is 15.9 Å². The van der Waals surface area contributed by atoms with Crippen molar-refractivity contribution in [2.24, 2.45) is 0 Å². The molecular formula is C11H9BrClN3. The molecule has 0 aliphatic rings. The fraction of sp³-hybridized carbons (Fsp3) is 0.0909. The first kappa shape index (κ1) is 11.4. The molecule has 0 aliphatic heterocycles. The molecule has 2 aromatic rings. The van der Waals surface area contributed by atoms with Crippen LogP contribution in [0.2, 0.25) is 5.15 Å². The number of nitrogens with one attached hydrogen (secondary N) is 1. The van der Waals surface area contributed by atoms with Crippen molar-refractivity contribution >= 4 is 33.3 Å². The number of aromatic nitrogens is 2. The Morgan fingerprint density at radius 3 is 2.81 bits per heavy atom. The standard InChI is InChI=1S/C11H9BrClN3/c12-9-4-2-1-3-8(9)6-14-11-5-10(13)15-7-16-11/h1-5,7H,6H2,(H,14,15,16). The summed E-state index contributed by atoms with van der Waals surface area (Å²) in [6.45, 7) is 0.689. The number of benzene rings is 1. The van der Waals surface area contributed by atoms with E-state index in [2.05, 4.69) is 31.2 Å². The maximum atomic E-state index is 5.76. The van der Waals surface area contributed by atoms with Gasteiger partial charge in [-0.1, -0.05) is 45.7 Å². The van der Waals surface area contributed by atoms with E-state index in [1.165, 1.54) is 6.33 Å². The summed E-state index contributed by atoms with van der Waals surface area (Å²) in [7, 11) is 0. The third-order valence-corrected chi connectivity index (χ3v) is 3.03. The molecule has 1 heterocycles. The van der Waals surface area contributed by atoms with Crippen molar-refractivity contribution in [3.8, 4) is 0 Å². The molecule has 0 amide bonds. The van der Waals surface area contributed by atoms with Gasteiger partial charge in [-0.15, -0.1) is 0 Å². The Morgan fingerprint density at radius 1 is 1.25 bits per heavy atom. The molecule has 1 aromatic carbocycles. The maximum Gasteiger partial charge on any atom is 0.134 e. The van der Waals surface area contributed by atoms with Crippen molar-refractivity contribution in [3.05, 3.63) is 51.8 Å². The second kappa shape index (κ2) is 5.27. The summed E-state index contributed by atoms with van der Waals surface area (Å²) in [4.78, 5) is 7.88. The van der Waals surface area contributed by atoms with Gasteiger partial charge in [-0.25, -0.2) is 9.97 Å². The van der Waals surface area contributed by atoms with Gasteiger partial charge in [0.25, 0.3) is 0 Å². The monoisotopic (exact) mass is 297 g/mol. The van der Waals surface area contributed by atoms with Gasteiger partial charge in [-0.2, -0.15) is 0 Å². The average Bonchev–Trinajstić information content (AvgIpc) is 2.28. The summed E-state index contributed by atoms with van der Waals surface area (Å²) in [5, 5.41) is 3.61. The normalized spacial score (nSPS) is 10.1. The summed E-state index contributed by atoms with van der Waals surface area (Å²) in [6, 6.07) is 9.71. The highest BCUT2D eigenvalue weighted by atomic mass is 79.9. The summed E-state index contributed by atoms with van der Waals surface area (Å²) in [5.74, 6) is 0.718. The Kier molecular flexibility index (Phi) is 3.74. The maximum absolute atomic E-state index is 5.76. The van der Waals surface area contributed by atoms with Gasteiger partial charge in [0.05, 0.1) is 0 Å². The molecule has 0 unspecified atom stereocenters. The zero-order valence-electron chi connectivity index (χ0n) is 8.32. The molecule has 3 nitrogen and oxygen atoms in total. The van der Waals surface area contributed by atoms with E-state index in [-0.39, 0.29) is 0 Å². The highest BCUT2D eigenvalue weighted by molar-refractivity contribution is 9.10. The molecule has 0 saturated carbocycles. The van der Waals surface area contributed by atoms with Crippen LogP contribution >= 0.6 is 27.5 Å². The van der Waals surface area contributed by atoms with Crippen molar-refractivity contribution in [2.75, 3.05) is 5.32 Å². The predicted octanol–water partition coefficient (Wildman–Crippen LogP) is 3.50. The highest BCUT2D eigenvalue weighted by Crippen LogP contribution is 2.17. The molecule has 1 aromatic heterocycles. The molecule has 0 saturated heterocycles. The van der Waals surface area contributed by atoms with E-state index < -0.39 is 0 Å². The number of halogens is 2. The number of anilines is 1. The van der Waals surface area contributed by atoms with Crippen molar-refractivity contribution in [2.45, 2.75) is 6.54 Å². The van der Waals surface area contributed by atoms with Crippen LogP contribution in [0.25, 0.3) is 0 Å². The SMILES string of the molecule is Clc1cc(NCc2ccccc2Br)ncn1. The Labute approximate surface area is 107 Å². The Balaban J connectivity index is 2.05. The van der Waals surface area contributed by atoms with E-state index in [4.69, 9.17) is 11.6 Å². The van der Waals surface area contributed by atoms with Gasteiger partial charge >= 0.3 is 0 Å². The van der Waals surface area contributed by atoms with Crippen molar-refractivity contribution in [1.82, 2.24) is 9.97 Å². The molecule has 82 valence electrons. The van der Waals surface area contributed by atoms with Crippen molar-refractivity contribution in [1.29, 1.82) is 0 Å². The second-order valence-corrected chi connectivity index (χ2v) is 4.41. The van der Waals surface area contributed by atoms with Crippen molar-refractivity contribution < 1.29 is 0 Å². The van der Waals surface area contributed by atoms with Gasteiger partial charge in [-0.05, 0) is 11.6 Å². The number of nitrogens with zero attached hydrogens (tertiary/aromatic N) is 2. The van der Waals surface area contributed by atoms with Crippen LogP contribution in [-0.2, 0) is 6.54 Å². The van der Waals surface area contributed by atoms with Crippen LogP contribution in [0.3, 0.4) is 0 Å². The van der Waals surface area contributed by atoms with Gasteiger partial charge in [0.15, 0.2) is 0 Å². The first-order valence-corrected chi connectivity index (χ1v) is 5.87. The summed E-state index contributed by atoms with van der Waals surface area (Å²) in [6.07, 6.45) is 1.44. The Bertz CT molecular complexity index is 490. The quantitative estimate of drug-likeness (QED) is 0.881. The van der Waals surface area contributed by atoms with Crippen LogP contribution in [-0.4, -0.2) is 9.97 Å². The van der Waals surface area contributed by atoms with Crippen LogP contribution in [0.4, 0.5) is 5.82 Å². The van der Waals surface area contributed by atoms with Gasteiger partial charge in [0.2, 0.25) is 0 Å². The van der Waals surface area contributed by atoms with E-state index in [1.807, 2.05) is 24.3 Å². The molecule has 0 radical (unpaired) electrons.